The molecule has 7 heteroatoms. The van der Waals surface area contributed by atoms with E-state index in [9.17, 15) is 18.0 Å². The molecule has 27 heavy (non-hydrogen) atoms. The molecule has 0 saturated heterocycles. The molecule has 0 spiro atoms. The SMILES string of the molecule is COC(=O)c1ccc(CN(C)S(=O)(=O)CC23CCC(CC2=O)C3(C)C)cc1. The molecule has 0 N–H and O–H groups in total. The summed E-state index contributed by atoms with van der Waals surface area (Å²) in [6.07, 6.45) is 2.08. The number of nitrogens with zero attached hydrogens (tertiary/aromatic N) is 1. The third-order valence-corrected chi connectivity index (χ3v) is 8.76. The van der Waals surface area contributed by atoms with Crippen molar-refractivity contribution in [1.82, 2.24) is 4.31 Å². The molecule has 0 aromatic heterocycles. The Bertz CT molecular complexity index is 859. The summed E-state index contributed by atoms with van der Waals surface area (Å²) in [6.45, 7) is 4.27. The van der Waals surface area contributed by atoms with Crippen molar-refractivity contribution >= 4 is 21.8 Å². The minimum absolute atomic E-state index is 0.100. The van der Waals surface area contributed by atoms with Gasteiger partial charge in [-0.3, -0.25) is 4.79 Å². The van der Waals surface area contributed by atoms with E-state index in [2.05, 4.69) is 4.74 Å². The van der Waals surface area contributed by atoms with Gasteiger partial charge in [0.05, 0.1) is 18.4 Å². The van der Waals surface area contributed by atoms with Crippen LogP contribution < -0.4 is 0 Å². The first-order valence-electron chi connectivity index (χ1n) is 9.18. The van der Waals surface area contributed by atoms with Gasteiger partial charge in [0, 0.05) is 25.4 Å². The fourth-order valence-corrected chi connectivity index (χ4v) is 6.62. The zero-order valence-corrected chi connectivity index (χ0v) is 17.1. The lowest BCUT2D eigenvalue weighted by Crippen LogP contribution is -2.45. The summed E-state index contributed by atoms with van der Waals surface area (Å²) in [6, 6.07) is 6.66. The molecular formula is C20H27NO5S. The summed E-state index contributed by atoms with van der Waals surface area (Å²) in [5.41, 5.74) is 0.146. The fourth-order valence-electron chi connectivity index (χ4n) is 4.75. The average Bonchev–Trinajstić information content (AvgIpc) is 2.95. The van der Waals surface area contributed by atoms with Gasteiger partial charge in [0.1, 0.15) is 5.78 Å². The molecule has 0 heterocycles. The zero-order chi connectivity index (χ0) is 20.0. The minimum atomic E-state index is -3.60. The van der Waals surface area contributed by atoms with Gasteiger partial charge in [-0.1, -0.05) is 26.0 Å². The standard InChI is InChI=1S/C20H27NO5S/c1-19(2)16-9-10-20(19,17(22)11-16)13-27(24,25)21(3)12-14-5-7-15(8-6-14)18(23)26-4/h5-8,16H,9-13H2,1-4H3. The molecule has 2 aliphatic rings. The van der Waals surface area contributed by atoms with E-state index >= 15 is 0 Å². The largest absolute Gasteiger partial charge is 0.465 e. The van der Waals surface area contributed by atoms with E-state index in [4.69, 9.17) is 0 Å². The van der Waals surface area contributed by atoms with Gasteiger partial charge in [-0.15, -0.1) is 0 Å². The molecule has 2 saturated carbocycles. The lowest BCUT2D eigenvalue weighted by atomic mass is 9.70. The summed E-state index contributed by atoms with van der Waals surface area (Å²) in [4.78, 5) is 24.1. The summed E-state index contributed by atoms with van der Waals surface area (Å²) in [7, 11) is -0.744. The first-order valence-corrected chi connectivity index (χ1v) is 10.8. The van der Waals surface area contributed by atoms with Gasteiger partial charge in [-0.2, -0.15) is 0 Å². The average molecular weight is 394 g/mol. The highest BCUT2D eigenvalue weighted by Gasteiger charge is 2.65. The smallest absolute Gasteiger partial charge is 0.337 e. The van der Waals surface area contributed by atoms with E-state index in [1.807, 2.05) is 13.8 Å². The summed E-state index contributed by atoms with van der Waals surface area (Å²) >= 11 is 0. The number of ketones is 1. The highest BCUT2D eigenvalue weighted by Crippen LogP contribution is 2.64. The molecule has 0 radical (unpaired) electrons. The van der Waals surface area contributed by atoms with E-state index < -0.39 is 21.4 Å². The Morgan fingerprint density at radius 2 is 1.89 bits per heavy atom. The number of benzene rings is 1. The van der Waals surface area contributed by atoms with Crippen molar-refractivity contribution < 1.29 is 22.7 Å². The van der Waals surface area contributed by atoms with Gasteiger partial charge in [0.2, 0.25) is 10.0 Å². The Labute approximate surface area is 160 Å². The second-order valence-electron chi connectivity index (χ2n) is 8.37. The Morgan fingerprint density at radius 1 is 1.26 bits per heavy atom. The van der Waals surface area contributed by atoms with E-state index in [0.29, 0.717) is 18.4 Å². The Morgan fingerprint density at radius 3 is 2.37 bits per heavy atom. The topological polar surface area (TPSA) is 80.8 Å². The number of carbonyl (C=O) groups excluding carboxylic acids is 2. The Balaban J connectivity index is 1.75. The van der Waals surface area contributed by atoms with Crippen LogP contribution in [0.15, 0.2) is 24.3 Å². The molecule has 2 aliphatic carbocycles. The third-order valence-electron chi connectivity index (χ3n) is 6.82. The Kier molecular flexibility index (Phi) is 4.97. The monoisotopic (exact) mass is 393 g/mol. The van der Waals surface area contributed by atoms with Crippen molar-refractivity contribution in [1.29, 1.82) is 0 Å². The molecular weight excluding hydrogens is 366 g/mol. The van der Waals surface area contributed by atoms with Crippen LogP contribution in [0, 0.1) is 16.7 Å². The van der Waals surface area contributed by atoms with E-state index in [0.717, 1.165) is 12.0 Å². The molecule has 3 rings (SSSR count). The number of hydrogen-bond donors (Lipinski definition) is 0. The van der Waals surface area contributed by atoms with Crippen LogP contribution in [0.2, 0.25) is 0 Å². The van der Waals surface area contributed by atoms with Gasteiger partial charge in [-0.05, 0) is 41.9 Å². The van der Waals surface area contributed by atoms with Gasteiger partial charge in [0.25, 0.3) is 0 Å². The highest BCUT2D eigenvalue weighted by molar-refractivity contribution is 7.89. The van der Waals surface area contributed by atoms with Gasteiger partial charge >= 0.3 is 5.97 Å². The minimum Gasteiger partial charge on any atom is -0.465 e. The summed E-state index contributed by atoms with van der Waals surface area (Å²) in [5.74, 6) is -0.169. The molecule has 2 unspecified atom stereocenters. The second-order valence-corrected chi connectivity index (χ2v) is 10.4. The number of hydrogen-bond acceptors (Lipinski definition) is 5. The molecule has 2 bridgehead atoms. The number of sulfonamides is 1. The number of rotatable bonds is 6. The molecule has 1 aromatic rings. The molecule has 148 valence electrons. The number of Topliss-reactive ketones (excluding diaryl/α,β-unsaturated/α-hetero) is 1. The first kappa shape index (κ1) is 20.0. The number of fused-ring (bicyclic) bond motifs is 2. The maximum atomic E-state index is 13.0. The van der Waals surface area contributed by atoms with Crippen LogP contribution in [0.1, 0.15) is 49.0 Å². The molecule has 1 aromatic carbocycles. The van der Waals surface area contributed by atoms with Crippen LogP contribution in [0.3, 0.4) is 0 Å². The molecule has 0 amide bonds. The van der Waals surface area contributed by atoms with Crippen molar-refractivity contribution in [2.45, 2.75) is 39.7 Å². The van der Waals surface area contributed by atoms with E-state index in [-0.39, 0.29) is 29.4 Å². The first-order chi connectivity index (χ1) is 12.5. The van der Waals surface area contributed by atoms with Crippen molar-refractivity contribution in [2.24, 2.45) is 16.7 Å². The van der Waals surface area contributed by atoms with Crippen molar-refractivity contribution in [2.75, 3.05) is 19.9 Å². The number of ether oxygens (including phenoxy) is 1. The maximum Gasteiger partial charge on any atom is 0.337 e. The van der Waals surface area contributed by atoms with Gasteiger partial charge < -0.3 is 4.74 Å². The van der Waals surface area contributed by atoms with E-state index in [1.165, 1.54) is 11.4 Å². The molecule has 0 aliphatic heterocycles. The number of esters is 1. The summed E-state index contributed by atoms with van der Waals surface area (Å²) in [5, 5.41) is 0. The lowest BCUT2D eigenvalue weighted by molar-refractivity contribution is -0.128. The lowest BCUT2D eigenvalue weighted by Gasteiger charge is -2.37. The van der Waals surface area contributed by atoms with Crippen LogP contribution in [0.4, 0.5) is 0 Å². The predicted octanol–water partition coefficient (Wildman–Crippen LogP) is 2.63. The summed E-state index contributed by atoms with van der Waals surface area (Å²) < 4.78 is 32.0. The van der Waals surface area contributed by atoms with Crippen molar-refractivity contribution in [3.63, 3.8) is 0 Å². The van der Waals surface area contributed by atoms with Gasteiger partial charge in [0.15, 0.2) is 0 Å². The quantitative estimate of drug-likeness (QED) is 0.694. The molecule has 6 nitrogen and oxygen atoms in total. The fraction of sp³-hybridized carbons (Fsp3) is 0.600. The zero-order valence-electron chi connectivity index (χ0n) is 16.3. The number of carbonyl (C=O) groups is 2. The third kappa shape index (κ3) is 3.21. The molecule has 2 atom stereocenters. The molecule has 2 fully saturated rings. The van der Waals surface area contributed by atoms with Crippen molar-refractivity contribution in [3.05, 3.63) is 35.4 Å². The van der Waals surface area contributed by atoms with Crippen molar-refractivity contribution in [3.8, 4) is 0 Å². The Hall–Kier alpha value is -1.73. The van der Waals surface area contributed by atoms with Crippen LogP contribution >= 0.6 is 0 Å². The van der Waals surface area contributed by atoms with Crippen LogP contribution in [0.5, 0.6) is 0 Å². The maximum absolute atomic E-state index is 13.0. The predicted molar refractivity (Wildman–Crippen MR) is 102 cm³/mol. The normalized spacial score (nSPS) is 26.6. The highest BCUT2D eigenvalue weighted by atomic mass is 32.2. The van der Waals surface area contributed by atoms with Gasteiger partial charge in [-0.25, -0.2) is 17.5 Å². The number of methoxy groups -OCH3 is 1. The van der Waals surface area contributed by atoms with E-state index in [1.54, 1.807) is 31.3 Å². The van der Waals surface area contributed by atoms with Crippen LogP contribution in [0.25, 0.3) is 0 Å². The second kappa shape index (κ2) is 6.71. The van der Waals surface area contributed by atoms with Crippen LogP contribution in [-0.2, 0) is 26.1 Å². The van der Waals surface area contributed by atoms with Crippen LogP contribution in [-0.4, -0.2) is 44.4 Å².